The van der Waals surface area contributed by atoms with Crippen LogP contribution in [-0.2, 0) is 9.59 Å². The van der Waals surface area contributed by atoms with Crippen molar-refractivity contribution in [2.45, 2.75) is 6.42 Å². The Labute approximate surface area is 75.2 Å². The number of nitrogens with two attached hydrogens (primary N) is 1. The van der Waals surface area contributed by atoms with Gasteiger partial charge in [-0.1, -0.05) is 0 Å². The van der Waals surface area contributed by atoms with Crippen LogP contribution >= 0.6 is 0 Å². The fourth-order valence-corrected chi connectivity index (χ4v) is 0.580. The van der Waals surface area contributed by atoms with E-state index in [-0.39, 0.29) is 6.54 Å². The first-order valence-electron chi connectivity index (χ1n) is 3.69. The van der Waals surface area contributed by atoms with E-state index in [9.17, 15) is 9.59 Å². The van der Waals surface area contributed by atoms with Crippen LogP contribution in [-0.4, -0.2) is 40.3 Å². The van der Waals surface area contributed by atoms with E-state index in [0.717, 1.165) is 6.08 Å². The van der Waals surface area contributed by atoms with Gasteiger partial charge in [0, 0.05) is 18.7 Å². The Morgan fingerprint density at radius 2 is 2.00 bits per heavy atom. The zero-order valence-electron chi connectivity index (χ0n) is 7.01. The molecule has 0 unspecified atom stereocenters. The molecule has 0 aliphatic rings. The smallest absolute Gasteiger partial charge is 0.328 e. The second kappa shape index (κ2) is 6.15. The number of carboxylic acid groups (broad SMARTS) is 1. The highest BCUT2D eigenvalue weighted by Gasteiger charge is 2.05. The van der Waals surface area contributed by atoms with E-state index in [1.807, 2.05) is 0 Å². The van der Waals surface area contributed by atoms with Gasteiger partial charge in [0.2, 0.25) is 0 Å². The van der Waals surface area contributed by atoms with E-state index < -0.39 is 11.9 Å². The standard InChI is InChI=1S/C7H12N2O4/c8-4-1-5-9(13)6(10)2-3-7(11)12/h2-3,13H,1,4-5,8H2,(H,11,12). The minimum Gasteiger partial charge on any atom is -0.478 e. The molecule has 0 aromatic rings. The third-order valence-corrected chi connectivity index (χ3v) is 1.20. The molecule has 0 rings (SSSR count). The molecule has 0 aromatic heterocycles. The molecule has 1 amide bonds. The van der Waals surface area contributed by atoms with Crippen molar-refractivity contribution in [1.82, 2.24) is 5.06 Å². The predicted octanol–water partition coefficient (Wildman–Crippen LogP) is -0.806. The van der Waals surface area contributed by atoms with Crippen molar-refractivity contribution in [2.24, 2.45) is 5.73 Å². The normalized spacial score (nSPS) is 10.3. The van der Waals surface area contributed by atoms with Crippen LogP contribution in [0.25, 0.3) is 0 Å². The Morgan fingerprint density at radius 3 is 2.46 bits per heavy atom. The Hall–Kier alpha value is -1.40. The summed E-state index contributed by atoms with van der Waals surface area (Å²) in [4.78, 5) is 20.8. The molecule has 13 heavy (non-hydrogen) atoms. The molecule has 0 heterocycles. The maximum absolute atomic E-state index is 10.8. The predicted molar refractivity (Wildman–Crippen MR) is 43.9 cm³/mol. The molecule has 0 fully saturated rings. The van der Waals surface area contributed by atoms with Crippen LogP contribution in [0.3, 0.4) is 0 Å². The van der Waals surface area contributed by atoms with Crippen LogP contribution in [0.2, 0.25) is 0 Å². The maximum atomic E-state index is 10.8. The summed E-state index contributed by atoms with van der Waals surface area (Å²) in [6, 6.07) is 0. The van der Waals surface area contributed by atoms with Crippen LogP contribution in [0.1, 0.15) is 6.42 Å². The molecule has 0 aliphatic carbocycles. The highest BCUT2D eigenvalue weighted by Crippen LogP contribution is 1.88. The Balaban J connectivity index is 3.89. The molecular weight excluding hydrogens is 176 g/mol. The van der Waals surface area contributed by atoms with Crippen molar-refractivity contribution < 1.29 is 19.9 Å². The van der Waals surface area contributed by atoms with E-state index in [1.165, 1.54) is 0 Å². The first-order valence-corrected chi connectivity index (χ1v) is 3.69. The average Bonchev–Trinajstić information content (AvgIpc) is 2.10. The van der Waals surface area contributed by atoms with Crippen molar-refractivity contribution in [3.05, 3.63) is 12.2 Å². The van der Waals surface area contributed by atoms with Gasteiger partial charge in [-0.3, -0.25) is 10.0 Å². The van der Waals surface area contributed by atoms with Crippen LogP contribution in [0.4, 0.5) is 0 Å². The van der Waals surface area contributed by atoms with Gasteiger partial charge in [0.25, 0.3) is 5.91 Å². The molecule has 0 radical (unpaired) electrons. The quantitative estimate of drug-likeness (QED) is 0.297. The Bertz CT molecular complexity index is 215. The monoisotopic (exact) mass is 188 g/mol. The van der Waals surface area contributed by atoms with Crippen molar-refractivity contribution in [3.63, 3.8) is 0 Å². The maximum Gasteiger partial charge on any atom is 0.328 e. The van der Waals surface area contributed by atoms with Gasteiger partial charge in [-0.15, -0.1) is 0 Å². The second-order valence-electron chi connectivity index (χ2n) is 2.28. The van der Waals surface area contributed by atoms with E-state index in [0.29, 0.717) is 24.1 Å². The zero-order chi connectivity index (χ0) is 10.3. The topological polar surface area (TPSA) is 104 Å². The van der Waals surface area contributed by atoms with Gasteiger partial charge < -0.3 is 10.8 Å². The lowest BCUT2D eigenvalue weighted by Crippen LogP contribution is -2.28. The first kappa shape index (κ1) is 11.6. The van der Waals surface area contributed by atoms with E-state index >= 15 is 0 Å². The minimum atomic E-state index is -1.24. The Kier molecular flexibility index (Phi) is 5.49. The van der Waals surface area contributed by atoms with E-state index in [2.05, 4.69) is 0 Å². The summed E-state index contributed by atoms with van der Waals surface area (Å²) in [6.45, 7) is 0.451. The molecule has 4 N–H and O–H groups in total. The van der Waals surface area contributed by atoms with Crippen LogP contribution in [0.15, 0.2) is 12.2 Å². The van der Waals surface area contributed by atoms with Gasteiger partial charge >= 0.3 is 5.97 Å². The number of hydroxylamine groups is 2. The lowest BCUT2D eigenvalue weighted by molar-refractivity contribution is -0.159. The largest absolute Gasteiger partial charge is 0.478 e. The van der Waals surface area contributed by atoms with Crippen LogP contribution in [0, 0.1) is 0 Å². The van der Waals surface area contributed by atoms with Crippen molar-refractivity contribution in [2.75, 3.05) is 13.1 Å². The highest BCUT2D eigenvalue weighted by molar-refractivity contribution is 5.93. The van der Waals surface area contributed by atoms with E-state index in [1.54, 1.807) is 0 Å². The number of aliphatic carboxylic acids is 1. The molecule has 0 atom stereocenters. The molecular formula is C7H12N2O4. The third kappa shape index (κ3) is 5.83. The average molecular weight is 188 g/mol. The number of hydrogen-bond donors (Lipinski definition) is 3. The van der Waals surface area contributed by atoms with Gasteiger partial charge in [0.05, 0.1) is 0 Å². The molecule has 0 aliphatic heterocycles. The number of carboxylic acids is 1. The van der Waals surface area contributed by atoms with Crippen LogP contribution < -0.4 is 5.73 Å². The Morgan fingerprint density at radius 1 is 1.38 bits per heavy atom. The molecule has 6 heteroatoms. The van der Waals surface area contributed by atoms with Gasteiger partial charge in [-0.05, 0) is 13.0 Å². The van der Waals surface area contributed by atoms with E-state index in [4.69, 9.17) is 16.0 Å². The van der Waals surface area contributed by atoms with Gasteiger partial charge in [0.15, 0.2) is 0 Å². The number of amides is 1. The summed E-state index contributed by atoms with van der Waals surface area (Å²) in [7, 11) is 0. The number of nitrogens with zero attached hydrogens (tertiary/aromatic N) is 1. The van der Waals surface area contributed by atoms with Crippen molar-refractivity contribution in [1.29, 1.82) is 0 Å². The van der Waals surface area contributed by atoms with Crippen molar-refractivity contribution >= 4 is 11.9 Å². The first-order chi connectivity index (χ1) is 6.07. The molecule has 0 spiro atoms. The van der Waals surface area contributed by atoms with Crippen LogP contribution in [0.5, 0.6) is 0 Å². The lowest BCUT2D eigenvalue weighted by Gasteiger charge is -2.10. The van der Waals surface area contributed by atoms with Gasteiger partial charge in [-0.2, -0.15) is 0 Å². The summed E-state index contributed by atoms with van der Waals surface area (Å²) in [5.74, 6) is -2.00. The third-order valence-electron chi connectivity index (χ3n) is 1.20. The lowest BCUT2D eigenvalue weighted by atomic mass is 10.4. The molecule has 74 valence electrons. The zero-order valence-corrected chi connectivity index (χ0v) is 7.01. The summed E-state index contributed by atoms with van der Waals surface area (Å²) in [5.41, 5.74) is 5.14. The number of hydrogen-bond acceptors (Lipinski definition) is 4. The number of carbonyl (C=O) groups excluding carboxylic acids is 1. The SMILES string of the molecule is NCCCN(O)C(=O)C=CC(=O)O. The van der Waals surface area contributed by atoms with Gasteiger partial charge in [-0.25, -0.2) is 9.86 Å². The molecule has 0 bridgehead atoms. The molecule has 0 saturated carbocycles. The number of rotatable bonds is 5. The highest BCUT2D eigenvalue weighted by atomic mass is 16.5. The number of carbonyl (C=O) groups is 2. The minimum absolute atomic E-state index is 0.0965. The molecule has 6 nitrogen and oxygen atoms in total. The summed E-state index contributed by atoms with van der Waals surface area (Å²) in [5, 5.41) is 17.5. The fourth-order valence-electron chi connectivity index (χ4n) is 0.580. The molecule has 0 aromatic carbocycles. The summed E-state index contributed by atoms with van der Waals surface area (Å²) < 4.78 is 0. The fraction of sp³-hybridized carbons (Fsp3) is 0.429. The second-order valence-corrected chi connectivity index (χ2v) is 2.28. The van der Waals surface area contributed by atoms with Crippen molar-refractivity contribution in [3.8, 4) is 0 Å². The molecule has 0 saturated heterocycles. The summed E-state index contributed by atoms with van der Waals surface area (Å²) in [6.07, 6.45) is 1.90. The van der Waals surface area contributed by atoms with Gasteiger partial charge in [0.1, 0.15) is 0 Å². The summed E-state index contributed by atoms with van der Waals surface area (Å²) >= 11 is 0.